The van der Waals surface area contributed by atoms with E-state index >= 15 is 0 Å². The molecule has 0 bridgehead atoms. The van der Waals surface area contributed by atoms with E-state index in [1.807, 2.05) is 31.2 Å². The average molecular weight is 279 g/mol. The SMILES string of the molecule is CCOc1ccccc1NC(=O)c1ccncc1.Cl. The van der Waals surface area contributed by atoms with Crippen LogP contribution in [-0.4, -0.2) is 17.5 Å². The van der Waals surface area contributed by atoms with Crippen LogP contribution in [0.5, 0.6) is 5.75 Å². The Labute approximate surface area is 118 Å². The zero-order chi connectivity index (χ0) is 12.8. The largest absolute Gasteiger partial charge is 0.492 e. The summed E-state index contributed by atoms with van der Waals surface area (Å²) in [6.45, 7) is 2.46. The van der Waals surface area contributed by atoms with Gasteiger partial charge in [-0.1, -0.05) is 12.1 Å². The van der Waals surface area contributed by atoms with Crippen molar-refractivity contribution in [2.24, 2.45) is 0 Å². The molecule has 0 aliphatic heterocycles. The summed E-state index contributed by atoms with van der Waals surface area (Å²) in [5.74, 6) is 0.493. The molecule has 100 valence electrons. The first-order valence-electron chi connectivity index (χ1n) is 5.74. The first-order valence-corrected chi connectivity index (χ1v) is 5.74. The highest BCUT2D eigenvalue weighted by atomic mass is 35.5. The zero-order valence-electron chi connectivity index (χ0n) is 10.5. The lowest BCUT2D eigenvalue weighted by molar-refractivity contribution is 0.102. The van der Waals surface area contributed by atoms with Gasteiger partial charge in [0.05, 0.1) is 12.3 Å². The summed E-state index contributed by atoms with van der Waals surface area (Å²) in [6, 6.07) is 10.7. The highest BCUT2D eigenvalue weighted by Gasteiger charge is 2.08. The normalized spacial score (nSPS) is 9.32. The van der Waals surface area contributed by atoms with E-state index in [1.165, 1.54) is 0 Å². The summed E-state index contributed by atoms with van der Waals surface area (Å²) >= 11 is 0. The molecule has 0 aliphatic carbocycles. The Kier molecular flexibility index (Phi) is 5.82. The Bertz CT molecular complexity index is 532. The molecule has 0 aliphatic rings. The molecule has 1 heterocycles. The minimum Gasteiger partial charge on any atom is -0.492 e. The number of para-hydroxylation sites is 2. The van der Waals surface area contributed by atoms with Gasteiger partial charge in [0.25, 0.3) is 5.91 Å². The van der Waals surface area contributed by atoms with Crippen molar-refractivity contribution >= 4 is 24.0 Å². The van der Waals surface area contributed by atoms with Crippen LogP contribution in [0.3, 0.4) is 0 Å². The van der Waals surface area contributed by atoms with Crippen LogP contribution in [-0.2, 0) is 0 Å². The summed E-state index contributed by atoms with van der Waals surface area (Å²) in [5, 5.41) is 2.82. The van der Waals surface area contributed by atoms with E-state index in [1.54, 1.807) is 24.5 Å². The van der Waals surface area contributed by atoms with Gasteiger partial charge in [-0.05, 0) is 31.2 Å². The molecule has 0 saturated carbocycles. The molecular formula is C14H15ClN2O2. The number of benzene rings is 1. The predicted molar refractivity (Wildman–Crippen MR) is 77.0 cm³/mol. The summed E-state index contributed by atoms with van der Waals surface area (Å²) in [5.41, 5.74) is 1.23. The molecule has 1 aromatic carbocycles. The third-order valence-corrected chi connectivity index (χ3v) is 2.38. The number of nitrogens with zero attached hydrogens (tertiary/aromatic N) is 1. The Morgan fingerprint density at radius 2 is 1.89 bits per heavy atom. The van der Waals surface area contributed by atoms with E-state index in [0.29, 0.717) is 23.6 Å². The lowest BCUT2D eigenvalue weighted by Crippen LogP contribution is -2.12. The molecule has 0 radical (unpaired) electrons. The first-order chi connectivity index (χ1) is 8.81. The molecule has 0 fully saturated rings. The van der Waals surface area contributed by atoms with Crippen molar-refractivity contribution in [3.05, 3.63) is 54.4 Å². The zero-order valence-corrected chi connectivity index (χ0v) is 11.3. The number of pyridine rings is 1. The van der Waals surface area contributed by atoms with E-state index in [0.717, 1.165) is 0 Å². The van der Waals surface area contributed by atoms with Crippen molar-refractivity contribution in [2.75, 3.05) is 11.9 Å². The summed E-state index contributed by atoms with van der Waals surface area (Å²) in [4.78, 5) is 15.9. The van der Waals surface area contributed by atoms with Gasteiger partial charge in [-0.3, -0.25) is 9.78 Å². The third kappa shape index (κ3) is 3.96. The number of anilines is 1. The fourth-order valence-electron chi connectivity index (χ4n) is 1.55. The summed E-state index contributed by atoms with van der Waals surface area (Å²) < 4.78 is 5.45. The minimum atomic E-state index is -0.176. The van der Waals surface area contributed by atoms with Gasteiger partial charge in [0, 0.05) is 18.0 Å². The number of nitrogens with one attached hydrogen (secondary N) is 1. The maximum Gasteiger partial charge on any atom is 0.255 e. The van der Waals surface area contributed by atoms with Gasteiger partial charge < -0.3 is 10.1 Å². The second-order valence-corrected chi connectivity index (χ2v) is 3.62. The van der Waals surface area contributed by atoms with Crippen molar-refractivity contribution in [3.8, 4) is 5.75 Å². The molecule has 4 nitrogen and oxygen atoms in total. The lowest BCUT2D eigenvalue weighted by Gasteiger charge is -2.10. The van der Waals surface area contributed by atoms with E-state index in [4.69, 9.17) is 4.74 Å². The highest BCUT2D eigenvalue weighted by Crippen LogP contribution is 2.24. The van der Waals surface area contributed by atoms with Crippen LogP contribution in [0.15, 0.2) is 48.8 Å². The van der Waals surface area contributed by atoms with Crippen LogP contribution in [0.4, 0.5) is 5.69 Å². The van der Waals surface area contributed by atoms with E-state index < -0.39 is 0 Å². The van der Waals surface area contributed by atoms with Gasteiger partial charge in [-0.2, -0.15) is 0 Å². The Hall–Kier alpha value is -2.07. The van der Waals surface area contributed by atoms with Crippen LogP contribution in [0.2, 0.25) is 0 Å². The van der Waals surface area contributed by atoms with Gasteiger partial charge in [0.1, 0.15) is 5.75 Å². The Morgan fingerprint density at radius 1 is 1.21 bits per heavy atom. The number of hydrogen-bond acceptors (Lipinski definition) is 3. The molecule has 0 atom stereocenters. The summed E-state index contributed by atoms with van der Waals surface area (Å²) in [6.07, 6.45) is 3.17. The predicted octanol–water partition coefficient (Wildman–Crippen LogP) is 3.15. The molecule has 5 heteroatoms. The van der Waals surface area contributed by atoms with Gasteiger partial charge in [0.2, 0.25) is 0 Å². The third-order valence-electron chi connectivity index (χ3n) is 2.38. The monoisotopic (exact) mass is 278 g/mol. The second-order valence-electron chi connectivity index (χ2n) is 3.62. The molecule has 0 saturated heterocycles. The van der Waals surface area contributed by atoms with Gasteiger partial charge >= 0.3 is 0 Å². The smallest absolute Gasteiger partial charge is 0.255 e. The molecular weight excluding hydrogens is 264 g/mol. The molecule has 2 aromatic rings. The molecule has 1 N–H and O–H groups in total. The van der Waals surface area contributed by atoms with Gasteiger partial charge in [-0.15, -0.1) is 12.4 Å². The molecule has 0 spiro atoms. The molecule has 19 heavy (non-hydrogen) atoms. The van der Waals surface area contributed by atoms with E-state index in [-0.39, 0.29) is 18.3 Å². The number of carbonyl (C=O) groups excluding carboxylic acids is 1. The number of rotatable bonds is 4. The molecule has 1 amide bonds. The standard InChI is InChI=1S/C14H14N2O2.ClH/c1-2-18-13-6-4-3-5-12(13)16-14(17)11-7-9-15-10-8-11;/h3-10H,2H2,1H3,(H,16,17);1H. The fraction of sp³-hybridized carbons (Fsp3) is 0.143. The van der Waals surface area contributed by atoms with Crippen molar-refractivity contribution < 1.29 is 9.53 Å². The quantitative estimate of drug-likeness (QED) is 0.935. The number of carbonyl (C=O) groups is 1. The van der Waals surface area contributed by atoms with Crippen LogP contribution in [0, 0.1) is 0 Å². The van der Waals surface area contributed by atoms with E-state index in [9.17, 15) is 4.79 Å². The Balaban J connectivity index is 0.00000180. The second kappa shape index (κ2) is 7.38. The molecule has 2 rings (SSSR count). The maximum absolute atomic E-state index is 12.0. The first kappa shape index (κ1) is 15.0. The van der Waals surface area contributed by atoms with E-state index in [2.05, 4.69) is 10.3 Å². The van der Waals surface area contributed by atoms with Crippen molar-refractivity contribution in [1.29, 1.82) is 0 Å². The van der Waals surface area contributed by atoms with Gasteiger partial charge in [-0.25, -0.2) is 0 Å². The number of ether oxygens (including phenoxy) is 1. The van der Waals surface area contributed by atoms with Crippen molar-refractivity contribution in [1.82, 2.24) is 4.98 Å². The van der Waals surface area contributed by atoms with Crippen LogP contribution in [0.25, 0.3) is 0 Å². The number of hydrogen-bond donors (Lipinski definition) is 1. The van der Waals surface area contributed by atoms with Crippen LogP contribution >= 0.6 is 12.4 Å². The molecule has 0 unspecified atom stereocenters. The van der Waals surface area contributed by atoms with Crippen molar-refractivity contribution in [2.45, 2.75) is 6.92 Å². The minimum absolute atomic E-state index is 0. The Morgan fingerprint density at radius 3 is 2.58 bits per heavy atom. The average Bonchev–Trinajstić information content (AvgIpc) is 2.42. The number of halogens is 1. The highest BCUT2D eigenvalue weighted by molar-refractivity contribution is 6.04. The molecule has 1 aromatic heterocycles. The van der Waals surface area contributed by atoms with Crippen LogP contribution in [0.1, 0.15) is 17.3 Å². The van der Waals surface area contributed by atoms with Crippen molar-refractivity contribution in [3.63, 3.8) is 0 Å². The van der Waals surface area contributed by atoms with Crippen LogP contribution < -0.4 is 10.1 Å². The lowest BCUT2D eigenvalue weighted by atomic mass is 10.2. The summed E-state index contributed by atoms with van der Waals surface area (Å²) in [7, 11) is 0. The number of amides is 1. The maximum atomic E-state index is 12.0. The number of aromatic nitrogens is 1. The topological polar surface area (TPSA) is 51.2 Å². The fourth-order valence-corrected chi connectivity index (χ4v) is 1.55. The van der Waals surface area contributed by atoms with Gasteiger partial charge in [0.15, 0.2) is 0 Å².